The van der Waals surface area contributed by atoms with Crippen molar-refractivity contribution in [1.29, 1.82) is 0 Å². The summed E-state index contributed by atoms with van der Waals surface area (Å²) in [6.45, 7) is 4.19. The molecule has 0 aromatic heterocycles. The first kappa shape index (κ1) is 16.4. The van der Waals surface area contributed by atoms with Gasteiger partial charge in [-0.3, -0.25) is 19.8 Å². The van der Waals surface area contributed by atoms with Crippen molar-refractivity contribution in [3.05, 3.63) is 0 Å². The van der Waals surface area contributed by atoms with Gasteiger partial charge in [-0.2, -0.15) is 0 Å². The Bertz CT molecular complexity index is 395. The first-order valence-corrected chi connectivity index (χ1v) is 6.76. The SMILES string of the molecule is CC[C@](C)(C(=O)OC)N(CC(=O)NC(N)=O)CC1CC1. The molecular formula is C13H23N3O4. The minimum Gasteiger partial charge on any atom is -0.468 e. The molecule has 1 rings (SSSR count). The smallest absolute Gasteiger partial charge is 0.325 e. The van der Waals surface area contributed by atoms with Crippen LogP contribution < -0.4 is 11.1 Å². The number of amides is 3. The maximum atomic E-state index is 12.0. The van der Waals surface area contributed by atoms with Crippen LogP contribution in [0.3, 0.4) is 0 Å². The van der Waals surface area contributed by atoms with Crippen molar-refractivity contribution in [2.75, 3.05) is 20.2 Å². The summed E-state index contributed by atoms with van der Waals surface area (Å²) < 4.78 is 4.85. The number of nitrogens with one attached hydrogen (secondary N) is 1. The number of methoxy groups -OCH3 is 1. The Morgan fingerprint density at radius 2 is 2.00 bits per heavy atom. The minimum absolute atomic E-state index is 0.0567. The number of nitrogens with zero attached hydrogens (tertiary/aromatic N) is 1. The van der Waals surface area contributed by atoms with E-state index in [0.717, 1.165) is 12.8 Å². The van der Waals surface area contributed by atoms with Gasteiger partial charge < -0.3 is 10.5 Å². The Morgan fingerprint density at radius 3 is 2.40 bits per heavy atom. The zero-order valence-electron chi connectivity index (χ0n) is 12.3. The van der Waals surface area contributed by atoms with Crippen molar-refractivity contribution >= 4 is 17.9 Å². The van der Waals surface area contributed by atoms with Crippen molar-refractivity contribution in [2.45, 2.75) is 38.6 Å². The number of imide groups is 1. The Labute approximate surface area is 118 Å². The fraction of sp³-hybridized carbons (Fsp3) is 0.769. The Hall–Kier alpha value is -1.63. The maximum Gasteiger partial charge on any atom is 0.325 e. The maximum absolute atomic E-state index is 12.0. The van der Waals surface area contributed by atoms with E-state index >= 15 is 0 Å². The Balaban J connectivity index is 2.82. The topological polar surface area (TPSA) is 102 Å². The average molecular weight is 285 g/mol. The molecule has 114 valence electrons. The number of esters is 1. The summed E-state index contributed by atoms with van der Waals surface area (Å²) in [6, 6.07) is -0.891. The van der Waals surface area contributed by atoms with E-state index in [1.54, 1.807) is 11.8 Å². The third-order valence-corrected chi connectivity index (χ3v) is 3.78. The van der Waals surface area contributed by atoms with Gasteiger partial charge in [0, 0.05) is 6.54 Å². The zero-order valence-corrected chi connectivity index (χ0v) is 12.3. The van der Waals surface area contributed by atoms with E-state index in [-0.39, 0.29) is 12.5 Å². The molecule has 0 radical (unpaired) electrons. The van der Waals surface area contributed by atoms with E-state index in [0.29, 0.717) is 18.9 Å². The molecule has 1 aliphatic rings. The second-order valence-electron chi connectivity index (χ2n) is 5.36. The Morgan fingerprint density at radius 1 is 1.40 bits per heavy atom. The molecule has 1 saturated carbocycles. The third-order valence-electron chi connectivity index (χ3n) is 3.78. The van der Waals surface area contributed by atoms with Crippen molar-refractivity contribution < 1.29 is 19.1 Å². The van der Waals surface area contributed by atoms with E-state index in [1.807, 2.05) is 12.2 Å². The summed E-state index contributed by atoms with van der Waals surface area (Å²) in [4.78, 5) is 36.2. The Kier molecular flexibility index (Phi) is 5.50. The van der Waals surface area contributed by atoms with Gasteiger partial charge in [-0.25, -0.2) is 4.79 Å². The number of hydrogen-bond donors (Lipinski definition) is 2. The monoisotopic (exact) mass is 285 g/mol. The minimum atomic E-state index is -0.891. The second kappa shape index (κ2) is 6.69. The highest BCUT2D eigenvalue weighted by Crippen LogP contribution is 2.33. The molecule has 0 aromatic rings. The second-order valence-corrected chi connectivity index (χ2v) is 5.36. The van der Waals surface area contributed by atoms with Crippen molar-refractivity contribution in [3.8, 4) is 0 Å². The number of ether oxygens (including phenoxy) is 1. The summed E-state index contributed by atoms with van der Waals surface area (Å²) in [7, 11) is 1.33. The predicted octanol–water partition coefficient (Wildman–Crippen LogP) is 0.235. The van der Waals surface area contributed by atoms with Gasteiger partial charge in [-0.05, 0) is 32.1 Å². The molecule has 1 fully saturated rings. The van der Waals surface area contributed by atoms with Crippen LogP contribution >= 0.6 is 0 Å². The van der Waals surface area contributed by atoms with Crippen LogP contribution in [0.15, 0.2) is 0 Å². The van der Waals surface area contributed by atoms with Crippen LogP contribution in [0.25, 0.3) is 0 Å². The lowest BCUT2D eigenvalue weighted by atomic mass is 9.95. The normalized spacial score (nSPS) is 17.4. The third kappa shape index (κ3) is 4.19. The zero-order chi connectivity index (χ0) is 15.3. The summed E-state index contributed by atoms with van der Waals surface area (Å²) in [5.74, 6) is -0.402. The van der Waals surface area contributed by atoms with E-state index in [1.165, 1.54) is 7.11 Å². The van der Waals surface area contributed by atoms with Gasteiger partial charge in [-0.1, -0.05) is 6.92 Å². The van der Waals surface area contributed by atoms with Gasteiger partial charge in [0.2, 0.25) is 5.91 Å². The van der Waals surface area contributed by atoms with Crippen molar-refractivity contribution in [1.82, 2.24) is 10.2 Å². The van der Waals surface area contributed by atoms with Gasteiger partial charge in [-0.15, -0.1) is 0 Å². The van der Waals surface area contributed by atoms with Crippen LogP contribution in [0.1, 0.15) is 33.1 Å². The predicted molar refractivity (Wildman–Crippen MR) is 72.7 cm³/mol. The number of hydrogen-bond acceptors (Lipinski definition) is 5. The lowest BCUT2D eigenvalue weighted by Gasteiger charge is -2.37. The summed E-state index contributed by atoms with van der Waals surface area (Å²) in [5, 5.41) is 2.03. The molecule has 0 spiro atoms. The van der Waals surface area contributed by atoms with Gasteiger partial charge >= 0.3 is 12.0 Å². The largest absolute Gasteiger partial charge is 0.468 e. The molecule has 7 heteroatoms. The molecule has 7 nitrogen and oxygen atoms in total. The molecular weight excluding hydrogens is 262 g/mol. The first-order valence-electron chi connectivity index (χ1n) is 6.76. The highest BCUT2D eigenvalue weighted by atomic mass is 16.5. The van der Waals surface area contributed by atoms with Crippen LogP contribution in [0.5, 0.6) is 0 Å². The van der Waals surface area contributed by atoms with Crippen molar-refractivity contribution in [2.24, 2.45) is 11.7 Å². The number of urea groups is 1. The number of carbonyl (C=O) groups excluding carboxylic acids is 3. The molecule has 0 aromatic carbocycles. The van der Waals surface area contributed by atoms with E-state index in [9.17, 15) is 14.4 Å². The van der Waals surface area contributed by atoms with Crippen molar-refractivity contribution in [3.63, 3.8) is 0 Å². The number of nitrogens with two attached hydrogens (primary N) is 1. The van der Waals surface area contributed by atoms with E-state index < -0.39 is 17.5 Å². The van der Waals surface area contributed by atoms with Crippen LogP contribution in [0.2, 0.25) is 0 Å². The molecule has 1 atom stereocenters. The van der Waals surface area contributed by atoms with Gasteiger partial charge in [0.1, 0.15) is 5.54 Å². The number of primary amides is 1. The summed E-state index contributed by atoms with van der Waals surface area (Å²) in [5.41, 5.74) is 4.05. The fourth-order valence-electron chi connectivity index (χ4n) is 2.12. The molecule has 0 unspecified atom stereocenters. The molecule has 0 heterocycles. The quantitative estimate of drug-likeness (QED) is 0.652. The molecule has 20 heavy (non-hydrogen) atoms. The summed E-state index contributed by atoms with van der Waals surface area (Å²) in [6.07, 6.45) is 2.69. The molecule has 3 N–H and O–H groups in total. The summed E-state index contributed by atoms with van der Waals surface area (Å²) >= 11 is 0. The highest BCUT2D eigenvalue weighted by molar-refractivity contribution is 5.94. The van der Waals surface area contributed by atoms with Crippen LogP contribution in [0.4, 0.5) is 4.79 Å². The van der Waals surface area contributed by atoms with Gasteiger partial charge in [0.15, 0.2) is 0 Å². The molecule has 1 aliphatic carbocycles. The molecule has 0 saturated heterocycles. The standard InChI is InChI=1S/C13H23N3O4/c1-4-13(2,11(18)20-3)16(7-9-5-6-9)8-10(17)15-12(14)19/h9H,4-8H2,1-3H3,(H3,14,15,17,19)/t13-/m1/s1. The van der Waals surface area contributed by atoms with E-state index in [4.69, 9.17) is 10.5 Å². The number of carbonyl (C=O) groups is 3. The lowest BCUT2D eigenvalue weighted by molar-refractivity contribution is -0.155. The van der Waals surface area contributed by atoms with Crippen LogP contribution in [-0.2, 0) is 14.3 Å². The molecule has 0 bridgehead atoms. The average Bonchev–Trinajstić information content (AvgIpc) is 3.19. The van der Waals surface area contributed by atoms with E-state index in [2.05, 4.69) is 0 Å². The molecule has 3 amide bonds. The van der Waals surface area contributed by atoms with Crippen LogP contribution in [0, 0.1) is 5.92 Å². The van der Waals surface area contributed by atoms with Gasteiger partial charge in [0.25, 0.3) is 0 Å². The number of rotatable bonds is 7. The van der Waals surface area contributed by atoms with Crippen LogP contribution in [-0.4, -0.2) is 48.5 Å². The highest BCUT2D eigenvalue weighted by Gasteiger charge is 2.42. The first-order chi connectivity index (χ1) is 9.33. The molecule has 0 aliphatic heterocycles. The lowest BCUT2D eigenvalue weighted by Crippen LogP contribution is -2.56. The fourth-order valence-corrected chi connectivity index (χ4v) is 2.12. The van der Waals surface area contributed by atoms with Gasteiger partial charge in [0.05, 0.1) is 13.7 Å².